The van der Waals surface area contributed by atoms with E-state index in [0.29, 0.717) is 0 Å². The van der Waals surface area contributed by atoms with Crippen LogP contribution in [0.15, 0.2) is 42.6 Å². The maximum absolute atomic E-state index is 4.49. The van der Waals surface area contributed by atoms with E-state index in [-0.39, 0.29) is 11.5 Å². The number of rotatable bonds is 7. The molecule has 0 radical (unpaired) electrons. The van der Waals surface area contributed by atoms with E-state index in [1.165, 1.54) is 11.3 Å². The molecule has 21 heavy (non-hydrogen) atoms. The Balaban J connectivity index is 2.40. The molecule has 1 unspecified atom stereocenters. The maximum atomic E-state index is 4.49. The van der Waals surface area contributed by atoms with E-state index in [1.54, 1.807) is 0 Å². The summed E-state index contributed by atoms with van der Waals surface area (Å²) >= 11 is 0. The molecule has 3 heteroatoms. The predicted octanol–water partition coefficient (Wildman–Crippen LogP) is 3.92. The summed E-state index contributed by atoms with van der Waals surface area (Å²) in [6.45, 7) is 10.9. The fraction of sp³-hybridized carbons (Fsp3) is 0.500. The lowest BCUT2D eigenvalue weighted by atomic mass is 9.76. The van der Waals surface area contributed by atoms with E-state index in [0.717, 1.165) is 19.5 Å². The van der Waals surface area contributed by atoms with Crippen LogP contribution < -0.4 is 5.32 Å². The fourth-order valence-electron chi connectivity index (χ4n) is 2.95. The van der Waals surface area contributed by atoms with Gasteiger partial charge in [0.05, 0.1) is 11.7 Å². The van der Waals surface area contributed by atoms with E-state index >= 15 is 0 Å². The van der Waals surface area contributed by atoms with Gasteiger partial charge in [-0.15, -0.1) is 0 Å². The van der Waals surface area contributed by atoms with Crippen molar-refractivity contribution in [1.29, 1.82) is 0 Å². The lowest BCUT2D eigenvalue weighted by molar-refractivity contribution is 0.331. The summed E-state index contributed by atoms with van der Waals surface area (Å²) < 4.78 is 2.14. The SMILES string of the molecule is CCCn1nccc1C(NCC)C(C)(C)c1ccccc1. The minimum Gasteiger partial charge on any atom is -0.308 e. The van der Waals surface area contributed by atoms with Gasteiger partial charge in [0.2, 0.25) is 0 Å². The summed E-state index contributed by atoms with van der Waals surface area (Å²) in [5.41, 5.74) is 2.62. The lowest BCUT2D eigenvalue weighted by Crippen LogP contribution is -2.38. The number of benzene rings is 1. The first kappa shape index (κ1) is 15.8. The van der Waals surface area contributed by atoms with Crippen molar-refractivity contribution >= 4 is 0 Å². The predicted molar refractivity (Wildman–Crippen MR) is 88.4 cm³/mol. The van der Waals surface area contributed by atoms with E-state index in [4.69, 9.17) is 0 Å². The van der Waals surface area contributed by atoms with Gasteiger partial charge in [0.25, 0.3) is 0 Å². The van der Waals surface area contributed by atoms with Crippen LogP contribution in [0.4, 0.5) is 0 Å². The van der Waals surface area contributed by atoms with Gasteiger partial charge >= 0.3 is 0 Å². The number of aryl methyl sites for hydroxylation is 1. The number of aromatic nitrogens is 2. The van der Waals surface area contributed by atoms with Crippen LogP contribution in [0.1, 0.15) is 51.4 Å². The second-order valence-corrected chi connectivity index (χ2v) is 6.06. The molecular formula is C18H27N3. The Hall–Kier alpha value is -1.61. The van der Waals surface area contributed by atoms with Crippen molar-refractivity contribution in [3.63, 3.8) is 0 Å². The first-order valence-electron chi connectivity index (χ1n) is 7.91. The average molecular weight is 285 g/mol. The van der Waals surface area contributed by atoms with Gasteiger partial charge in [0.1, 0.15) is 0 Å². The van der Waals surface area contributed by atoms with Gasteiger partial charge in [-0.1, -0.05) is 58.0 Å². The van der Waals surface area contributed by atoms with Crippen LogP contribution in [0.25, 0.3) is 0 Å². The van der Waals surface area contributed by atoms with Crippen LogP contribution in [0.5, 0.6) is 0 Å². The van der Waals surface area contributed by atoms with Crippen LogP contribution in [0.2, 0.25) is 0 Å². The molecule has 1 aromatic heterocycles. The molecule has 2 rings (SSSR count). The molecule has 1 N–H and O–H groups in total. The number of hydrogen-bond donors (Lipinski definition) is 1. The third-order valence-corrected chi connectivity index (χ3v) is 4.13. The highest BCUT2D eigenvalue weighted by molar-refractivity contribution is 5.29. The number of hydrogen-bond acceptors (Lipinski definition) is 2. The Labute approximate surface area is 128 Å². The molecule has 0 aliphatic rings. The first-order valence-corrected chi connectivity index (χ1v) is 7.91. The van der Waals surface area contributed by atoms with Crippen molar-refractivity contribution in [2.24, 2.45) is 0 Å². The molecular weight excluding hydrogens is 258 g/mol. The van der Waals surface area contributed by atoms with Crippen LogP contribution in [0.3, 0.4) is 0 Å². The summed E-state index contributed by atoms with van der Waals surface area (Å²) in [5.74, 6) is 0. The smallest absolute Gasteiger partial charge is 0.0584 e. The highest BCUT2D eigenvalue weighted by atomic mass is 15.3. The zero-order valence-electron chi connectivity index (χ0n) is 13.6. The molecule has 3 nitrogen and oxygen atoms in total. The molecule has 114 valence electrons. The number of nitrogens with zero attached hydrogens (tertiary/aromatic N) is 2. The van der Waals surface area contributed by atoms with Crippen molar-refractivity contribution in [2.75, 3.05) is 6.54 Å². The second-order valence-electron chi connectivity index (χ2n) is 6.06. The molecule has 1 atom stereocenters. The monoisotopic (exact) mass is 285 g/mol. The lowest BCUT2D eigenvalue weighted by Gasteiger charge is -2.36. The number of nitrogens with one attached hydrogen (secondary N) is 1. The average Bonchev–Trinajstić information content (AvgIpc) is 2.94. The van der Waals surface area contributed by atoms with Gasteiger partial charge < -0.3 is 5.32 Å². The highest BCUT2D eigenvalue weighted by Gasteiger charge is 2.33. The molecule has 0 amide bonds. The summed E-state index contributed by atoms with van der Waals surface area (Å²) in [4.78, 5) is 0. The van der Waals surface area contributed by atoms with Gasteiger partial charge in [-0.05, 0) is 24.6 Å². The Morgan fingerprint density at radius 1 is 1.14 bits per heavy atom. The van der Waals surface area contributed by atoms with Crippen molar-refractivity contribution in [3.05, 3.63) is 53.9 Å². The van der Waals surface area contributed by atoms with Crippen molar-refractivity contribution in [1.82, 2.24) is 15.1 Å². The largest absolute Gasteiger partial charge is 0.308 e. The van der Waals surface area contributed by atoms with Crippen LogP contribution >= 0.6 is 0 Å². The molecule has 0 bridgehead atoms. The van der Waals surface area contributed by atoms with Gasteiger partial charge in [0.15, 0.2) is 0 Å². The Morgan fingerprint density at radius 2 is 1.86 bits per heavy atom. The minimum absolute atomic E-state index is 0.00277. The van der Waals surface area contributed by atoms with Gasteiger partial charge in [-0.25, -0.2) is 0 Å². The summed E-state index contributed by atoms with van der Waals surface area (Å²) in [5, 5.41) is 8.15. The Kier molecular flexibility index (Phi) is 5.18. The molecule has 1 aromatic carbocycles. The first-order chi connectivity index (χ1) is 10.1. The topological polar surface area (TPSA) is 29.9 Å². The standard InChI is InChI=1S/C18H27N3/c1-5-14-21-16(12-13-20-21)17(19-6-2)18(3,4)15-10-8-7-9-11-15/h7-13,17,19H,5-6,14H2,1-4H3. The minimum atomic E-state index is 0.00277. The second kappa shape index (κ2) is 6.90. The zero-order valence-corrected chi connectivity index (χ0v) is 13.6. The van der Waals surface area contributed by atoms with Crippen LogP contribution in [0, 0.1) is 0 Å². The van der Waals surface area contributed by atoms with Gasteiger partial charge in [0, 0.05) is 18.2 Å². The fourth-order valence-corrected chi connectivity index (χ4v) is 2.95. The molecule has 2 aromatic rings. The molecule has 0 spiro atoms. The molecule has 1 heterocycles. The Bertz CT molecular complexity index is 543. The normalized spacial score (nSPS) is 13.3. The van der Waals surface area contributed by atoms with E-state index in [1.807, 2.05) is 6.20 Å². The van der Waals surface area contributed by atoms with E-state index in [2.05, 4.69) is 79.2 Å². The van der Waals surface area contributed by atoms with E-state index < -0.39 is 0 Å². The molecule has 0 aliphatic carbocycles. The summed E-state index contributed by atoms with van der Waals surface area (Å²) in [6.07, 6.45) is 3.01. The summed E-state index contributed by atoms with van der Waals surface area (Å²) in [7, 11) is 0. The van der Waals surface area contributed by atoms with Crippen molar-refractivity contribution in [2.45, 2.75) is 52.1 Å². The van der Waals surface area contributed by atoms with Crippen LogP contribution in [-0.4, -0.2) is 16.3 Å². The third kappa shape index (κ3) is 3.35. The molecule has 0 fully saturated rings. The molecule has 0 aliphatic heterocycles. The Morgan fingerprint density at radius 3 is 2.48 bits per heavy atom. The maximum Gasteiger partial charge on any atom is 0.0584 e. The molecule has 0 saturated carbocycles. The quantitative estimate of drug-likeness (QED) is 0.835. The van der Waals surface area contributed by atoms with Gasteiger partial charge in [-0.3, -0.25) is 4.68 Å². The van der Waals surface area contributed by atoms with Crippen molar-refractivity contribution in [3.8, 4) is 0 Å². The number of likely N-dealkylation sites (N-methyl/N-ethyl adjacent to an activating group) is 1. The van der Waals surface area contributed by atoms with Gasteiger partial charge in [-0.2, -0.15) is 5.10 Å². The van der Waals surface area contributed by atoms with E-state index in [9.17, 15) is 0 Å². The summed E-state index contributed by atoms with van der Waals surface area (Å²) in [6, 6.07) is 13.1. The highest BCUT2D eigenvalue weighted by Crippen LogP contribution is 2.36. The van der Waals surface area contributed by atoms with Crippen LogP contribution in [-0.2, 0) is 12.0 Å². The van der Waals surface area contributed by atoms with Crippen molar-refractivity contribution < 1.29 is 0 Å². The third-order valence-electron chi connectivity index (χ3n) is 4.13. The zero-order chi connectivity index (χ0) is 15.3. The molecule has 0 saturated heterocycles.